The minimum Gasteiger partial charge on any atom is -0.478 e. The Balaban J connectivity index is 1.95. The lowest BCUT2D eigenvalue weighted by atomic mass is 10.00. The highest BCUT2D eigenvalue weighted by atomic mass is 16.5. The van der Waals surface area contributed by atoms with Crippen LogP contribution in [0, 0.1) is 5.92 Å². The summed E-state index contributed by atoms with van der Waals surface area (Å²) in [5.41, 5.74) is 1.20. The molecule has 1 aliphatic heterocycles. The highest BCUT2D eigenvalue weighted by Gasteiger charge is 2.22. The van der Waals surface area contributed by atoms with Crippen molar-refractivity contribution in [3.8, 4) is 0 Å². The number of hydrogen-bond acceptors (Lipinski definition) is 3. The largest absolute Gasteiger partial charge is 0.478 e. The molecule has 0 aliphatic carbocycles. The van der Waals surface area contributed by atoms with Crippen molar-refractivity contribution in [3.05, 3.63) is 35.4 Å². The molecule has 18 heavy (non-hydrogen) atoms. The molecule has 1 heterocycles. The molecule has 0 bridgehead atoms. The maximum Gasteiger partial charge on any atom is 0.336 e. The van der Waals surface area contributed by atoms with Crippen molar-refractivity contribution in [3.63, 3.8) is 0 Å². The number of aromatic carboxylic acids is 1. The van der Waals surface area contributed by atoms with E-state index in [1.54, 1.807) is 12.1 Å². The van der Waals surface area contributed by atoms with Gasteiger partial charge in [-0.15, -0.1) is 0 Å². The van der Waals surface area contributed by atoms with Crippen molar-refractivity contribution in [1.29, 1.82) is 0 Å². The van der Waals surface area contributed by atoms with Gasteiger partial charge in [-0.05, 0) is 30.9 Å². The van der Waals surface area contributed by atoms with Gasteiger partial charge in [0.2, 0.25) is 0 Å². The van der Waals surface area contributed by atoms with Gasteiger partial charge in [0, 0.05) is 19.2 Å². The molecule has 0 amide bonds. The molecule has 1 aliphatic rings. The monoisotopic (exact) mass is 249 g/mol. The van der Waals surface area contributed by atoms with Crippen LogP contribution in [0.5, 0.6) is 0 Å². The lowest BCUT2D eigenvalue weighted by molar-refractivity contribution is 0.0695. The molecule has 1 fully saturated rings. The van der Waals surface area contributed by atoms with Gasteiger partial charge in [0.1, 0.15) is 0 Å². The zero-order valence-electron chi connectivity index (χ0n) is 10.6. The molecule has 2 unspecified atom stereocenters. The number of ether oxygens (including phenoxy) is 1. The van der Waals surface area contributed by atoms with Gasteiger partial charge in [-0.25, -0.2) is 4.79 Å². The molecule has 2 rings (SSSR count). The number of nitrogens with one attached hydrogen (secondary N) is 1. The highest BCUT2D eigenvalue weighted by Crippen LogP contribution is 2.17. The molecule has 1 aromatic rings. The van der Waals surface area contributed by atoms with Crippen molar-refractivity contribution in [2.75, 3.05) is 13.2 Å². The molecule has 2 atom stereocenters. The summed E-state index contributed by atoms with van der Waals surface area (Å²) in [5, 5.41) is 12.5. The van der Waals surface area contributed by atoms with E-state index in [2.05, 4.69) is 12.2 Å². The third-order valence-corrected chi connectivity index (χ3v) is 3.53. The van der Waals surface area contributed by atoms with E-state index in [0.717, 1.165) is 25.2 Å². The van der Waals surface area contributed by atoms with E-state index in [-0.39, 0.29) is 0 Å². The Morgan fingerprint density at radius 2 is 2.33 bits per heavy atom. The summed E-state index contributed by atoms with van der Waals surface area (Å²) in [6.07, 6.45) is 1.08. The normalized spacial score (nSPS) is 20.8. The Kier molecular flexibility index (Phi) is 4.33. The second-order valence-electron chi connectivity index (χ2n) is 4.76. The Morgan fingerprint density at radius 1 is 1.56 bits per heavy atom. The van der Waals surface area contributed by atoms with Crippen LogP contribution in [0.4, 0.5) is 0 Å². The Hall–Kier alpha value is -1.39. The number of benzene rings is 1. The zero-order valence-corrected chi connectivity index (χ0v) is 10.6. The first-order valence-corrected chi connectivity index (χ1v) is 6.31. The van der Waals surface area contributed by atoms with Gasteiger partial charge in [0.15, 0.2) is 0 Å². The van der Waals surface area contributed by atoms with Crippen LogP contribution >= 0.6 is 0 Å². The summed E-state index contributed by atoms with van der Waals surface area (Å²) < 4.78 is 5.36. The lowest BCUT2D eigenvalue weighted by Crippen LogP contribution is -2.33. The molecule has 2 N–H and O–H groups in total. The van der Waals surface area contributed by atoms with E-state index in [9.17, 15) is 4.79 Å². The molecule has 0 aromatic heterocycles. The van der Waals surface area contributed by atoms with Crippen molar-refractivity contribution in [2.45, 2.75) is 25.9 Å². The fraction of sp³-hybridized carbons (Fsp3) is 0.500. The minimum absolute atomic E-state index is 0.342. The first-order valence-electron chi connectivity index (χ1n) is 6.31. The van der Waals surface area contributed by atoms with Crippen LogP contribution in [0.3, 0.4) is 0 Å². The third-order valence-electron chi connectivity index (χ3n) is 3.53. The molecule has 4 heteroatoms. The van der Waals surface area contributed by atoms with Crippen LogP contribution < -0.4 is 5.32 Å². The van der Waals surface area contributed by atoms with Gasteiger partial charge in [-0.3, -0.25) is 0 Å². The molecule has 1 saturated heterocycles. The zero-order chi connectivity index (χ0) is 13.0. The standard InChI is InChI=1S/C14H19NO3/c1-10(12-6-7-18-9-12)15-8-11-4-2-3-5-13(11)14(16)17/h2-5,10,12,15H,6-9H2,1H3,(H,16,17). The summed E-state index contributed by atoms with van der Waals surface area (Å²) in [7, 11) is 0. The molecule has 4 nitrogen and oxygen atoms in total. The summed E-state index contributed by atoms with van der Waals surface area (Å²) in [6.45, 7) is 4.35. The fourth-order valence-corrected chi connectivity index (χ4v) is 2.27. The van der Waals surface area contributed by atoms with Crippen LogP contribution in [-0.4, -0.2) is 30.3 Å². The predicted molar refractivity (Wildman–Crippen MR) is 68.6 cm³/mol. The first kappa shape index (κ1) is 13.1. The van der Waals surface area contributed by atoms with E-state index >= 15 is 0 Å². The number of carbonyl (C=O) groups is 1. The fourth-order valence-electron chi connectivity index (χ4n) is 2.27. The van der Waals surface area contributed by atoms with Crippen LogP contribution in [0.1, 0.15) is 29.3 Å². The lowest BCUT2D eigenvalue weighted by Gasteiger charge is -2.19. The highest BCUT2D eigenvalue weighted by molar-refractivity contribution is 5.89. The molecule has 98 valence electrons. The second-order valence-corrected chi connectivity index (χ2v) is 4.76. The van der Waals surface area contributed by atoms with Crippen LogP contribution in [0.2, 0.25) is 0 Å². The van der Waals surface area contributed by atoms with Gasteiger partial charge < -0.3 is 15.2 Å². The van der Waals surface area contributed by atoms with E-state index in [4.69, 9.17) is 9.84 Å². The Morgan fingerprint density at radius 3 is 3.00 bits per heavy atom. The van der Waals surface area contributed by atoms with Crippen molar-refractivity contribution < 1.29 is 14.6 Å². The van der Waals surface area contributed by atoms with Gasteiger partial charge in [-0.2, -0.15) is 0 Å². The summed E-state index contributed by atoms with van der Waals surface area (Å²) >= 11 is 0. The maximum atomic E-state index is 11.1. The molecular formula is C14H19NO3. The Bertz CT molecular complexity index is 413. The van der Waals surface area contributed by atoms with Gasteiger partial charge in [0.25, 0.3) is 0 Å². The first-order chi connectivity index (χ1) is 8.68. The van der Waals surface area contributed by atoms with E-state index in [1.165, 1.54) is 0 Å². The smallest absolute Gasteiger partial charge is 0.336 e. The maximum absolute atomic E-state index is 11.1. The summed E-state index contributed by atoms with van der Waals surface area (Å²) in [6, 6.07) is 7.46. The number of hydrogen-bond donors (Lipinski definition) is 2. The number of carboxylic acid groups (broad SMARTS) is 1. The summed E-state index contributed by atoms with van der Waals surface area (Å²) in [5.74, 6) is -0.341. The Labute approximate surface area is 107 Å². The predicted octanol–water partition coefficient (Wildman–Crippen LogP) is 1.90. The SMILES string of the molecule is CC(NCc1ccccc1C(=O)O)C1CCOC1. The molecule has 1 aromatic carbocycles. The third kappa shape index (κ3) is 3.09. The number of carboxylic acids is 1. The van der Waals surface area contributed by atoms with E-state index in [0.29, 0.717) is 24.1 Å². The van der Waals surface area contributed by atoms with E-state index in [1.807, 2.05) is 12.1 Å². The average Bonchev–Trinajstić information content (AvgIpc) is 2.90. The second kappa shape index (κ2) is 5.98. The molecule has 0 radical (unpaired) electrons. The average molecular weight is 249 g/mol. The summed E-state index contributed by atoms with van der Waals surface area (Å²) in [4.78, 5) is 11.1. The van der Waals surface area contributed by atoms with Gasteiger partial charge in [-0.1, -0.05) is 18.2 Å². The van der Waals surface area contributed by atoms with Gasteiger partial charge >= 0.3 is 5.97 Å². The van der Waals surface area contributed by atoms with Crippen LogP contribution in [-0.2, 0) is 11.3 Å². The number of rotatable bonds is 5. The van der Waals surface area contributed by atoms with E-state index < -0.39 is 5.97 Å². The van der Waals surface area contributed by atoms with Crippen LogP contribution in [0.25, 0.3) is 0 Å². The minimum atomic E-state index is -0.871. The molecule has 0 saturated carbocycles. The van der Waals surface area contributed by atoms with Crippen molar-refractivity contribution in [2.24, 2.45) is 5.92 Å². The topological polar surface area (TPSA) is 58.6 Å². The molecular weight excluding hydrogens is 230 g/mol. The van der Waals surface area contributed by atoms with Crippen molar-refractivity contribution >= 4 is 5.97 Å². The van der Waals surface area contributed by atoms with Gasteiger partial charge in [0.05, 0.1) is 12.2 Å². The van der Waals surface area contributed by atoms with Crippen molar-refractivity contribution in [1.82, 2.24) is 5.32 Å². The quantitative estimate of drug-likeness (QED) is 0.836. The van der Waals surface area contributed by atoms with Crippen LogP contribution in [0.15, 0.2) is 24.3 Å². The molecule has 0 spiro atoms.